The molecule has 0 saturated heterocycles. The standard InChI is InChI=1S/C12H15N3O.3ClH/c1-15-8-7-13-12(15)14-9-10-3-5-11(16-2)6-4-10;;;/h3-8H,9H2,1-2H3,(H,13,14);3*1H. The number of aryl methyl sites for hydroxylation is 1. The van der Waals surface area contributed by atoms with Crippen LogP contribution in [0, 0.1) is 0 Å². The van der Waals surface area contributed by atoms with Gasteiger partial charge < -0.3 is 14.6 Å². The number of methoxy groups -OCH3 is 1. The fourth-order valence-corrected chi connectivity index (χ4v) is 1.46. The van der Waals surface area contributed by atoms with Crippen molar-refractivity contribution in [3.8, 4) is 5.75 Å². The lowest BCUT2D eigenvalue weighted by molar-refractivity contribution is 0.414. The van der Waals surface area contributed by atoms with E-state index in [1.165, 1.54) is 5.56 Å². The zero-order chi connectivity index (χ0) is 11.4. The number of rotatable bonds is 4. The fraction of sp³-hybridized carbons (Fsp3) is 0.250. The molecule has 0 unspecified atom stereocenters. The molecule has 1 N–H and O–H groups in total. The van der Waals surface area contributed by atoms with Gasteiger partial charge in [0.25, 0.3) is 0 Å². The van der Waals surface area contributed by atoms with E-state index in [-0.39, 0.29) is 37.2 Å². The maximum Gasteiger partial charge on any atom is 0.202 e. The fourth-order valence-electron chi connectivity index (χ4n) is 1.46. The summed E-state index contributed by atoms with van der Waals surface area (Å²) >= 11 is 0. The monoisotopic (exact) mass is 325 g/mol. The average molecular weight is 327 g/mol. The Bertz CT molecular complexity index is 459. The number of nitrogens with zero attached hydrogens (tertiary/aromatic N) is 2. The SMILES string of the molecule is COc1ccc(CNc2nccn2C)cc1.Cl.Cl.Cl. The first-order valence-corrected chi connectivity index (χ1v) is 5.14. The molecule has 0 amide bonds. The number of benzene rings is 1. The number of ether oxygens (including phenoxy) is 1. The third-order valence-corrected chi connectivity index (χ3v) is 2.43. The van der Waals surface area contributed by atoms with Crippen molar-refractivity contribution in [2.75, 3.05) is 12.4 Å². The van der Waals surface area contributed by atoms with Crippen molar-refractivity contribution in [3.05, 3.63) is 42.2 Å². The third-order valence-electron chi connectivity index (χ3n) is 2.43. The first kappa shape index (κ1) is 20.2. The summed E-state index contributed by atoms with van der Waals surface area (Å²) in [6.07, 6.45) is 3.69. The molecule has 0 saturated carbocycles. The van der Waals surface area contributed by atoms with Crippen LogP contribution in [0.15, 0.2) is 36.7 Å². The van der Waals surface area contributed by atoms with Gasteiger partial charge in [0, 0.05) is 26.0 Å². The van der Waals surface area contributed by atoms with Crippen LogP contribution in [0.3, 0.4) is 0 Å². The number of aromatic nitrogens is 2. The van der Waals surface area contributed by atoms with Crippen LogP contribution < -0.4 is 10.1 Å². The number of hydrogen-bond acceptors (Lipinski definition) is 3. The molecule has 0 aliphatic rings. The highest BCUT2D eigenvalue weighted by Crippen LogP contribution is 2.12. The van der Waals surface area contributed by atoms with Gasteiger partial charge in [0.1, 0.15) is 5.75 Å². The van der Waals surface area contributed by atoms with Crippen LogP contribution in [0.2, 0.25) is 0 Å². The highest BCUT2D eigenvalue weighted by atomic mass is 35.5. The molecule has 0 aliphatic carbocycles. The smallest absolute Gasteiger partial charge is 0.202 e. The van der Waals surface area contributed by atoms with E-state index in [1.54, 1.807) is 13.3 Å². The molecule has 0 bridgehead atoms. The molecule has 0 spiro atoms. The minimum Gasteiger partial charge on any atom is -0.497 e. The van der Waals surface area contributed by atoms with Crippen molar-refractivity contribution in [1.29, 1.82) is 0 Å². The molecule has 7 heteroatoms. The van der Waals surface area contributed by atoms with Gasteiger partial charge in [-0.1, -0.05) is 12.1 Å². The summed E-state index contributed by atoms with van der Waals surface area (Å²) in [6.45, 7) is 0.759. The number of imidazole rings is 1. The van der Waals surface area contributed by atoms with E-state index in [0.717, 1.165) is 18.2 Å². The lowest BCUT2D eigenvalue weighted by Crippen LogP contribution is -2.04. The van der Waals surface area contributed by atoms with Gasteiger partial charge in [-0.2, -0.15) is 0 Å². The quantitative estimate of drug-likeness (QED) is 0.937. The molecular formula is C12H18Cl3N3O. The Morgan fingerprint density at radius 1 is 1.16 bits per heavy atom. The molecule has 19 heavy (non-hydrogen) atoms. The first-order chi connectivity index (χ1) is 7.79. The summed E-state index contributed by atoms with van der Waals surface area (Å²) in [6, 6.07) is 7.98. The Morgan fingerprint density at radius 3 is 2.26 bits per heavy atom. The molecular weight excluding hydrogens is 309 g/mol. The van der Waals surface area contributed by atoms with Crippen LogP contribution in [0.4, 0.5) is 5.95 Å². The summed E-state index contributed by atoms with van der Waals surface area (Å²) in [5, 5.41) is 3.26. The van der Waals surface area contributed by atoms with Gasteiger partial charge in [0.2, 0.25) is 5.95 Å². The normalized spacial score (nSPS) is 8.53. The molecule has 4 nitrogen and oxygen atoms in total. The van der Waals surface area contributed by atoms with Gasteiger partial charge in [0.15, 0.2) is 0 Å². The minimum absolute atomic E-state index is 0. The highest BCUT2D eigenvalue weighted by Gasteiger charge is 1.98. The molecule has 1 heterocycles. The predicted molar refractivity (Wildman–Crippen MR) is 85.3 cm³/mol. The molecule has 1 aromatic heterocycles. The molecule has 0 radical (unpaired) electrons. The molecule has 2 rings (SSSR count). The Hall–Kier alpha value is -1.10. The Kier molecular flexibility index (Phi) is 10.4. The topological polar surface area (TPSA) is 39.1 Å². The highest BCUT2D eigenvalue weighted by molar-refractivity contribution is 5.86. The molecule has 0 atom stereocenters. The maximum atomic E-state index is 5.10. The van der Waals surface area contributed by atoms with E-state index in [9.17, 15) is 0 Å². The van der Waals surface area contributed by atoms with E-state index in [1.807, 2.05) is 42.1 Å². The Balaban J connectivity index is 0. The van der Waals surface area contributed by atoms with E-state index in [2.05, 4.69) is 10.3 Å². The second kappa shape index (κ2) is 9.78. The Labute approximate surface area is 131 Å². The zero-order valence-electron chi connectivity index (χ0n) is 10.7. The molecule has 0 fully saturated rings. The zero-order valence-corrected chi connectivity index (χ0v) is 13.1. The van der Waals surface area contributed by atoms with Crippen molar-refractivity contribution in [1.82, 2.24) is 9.55 Å². The van der Waals surface area contributed by atoms with Crippen LogP contribution in [-0.2, 0) is 13.6 Å². The van der Waals surface area contributed by atoms with Gasteiger partial charge in [-0.3, -0.25) is 0 Å². The summed E-state index contributed by atoms with van der Waals surface area (Å²) in [5.41, 5.74) is 1.20. The summed E-state index contributed by atoms with van der Waals surface area (Å²) < 4.78 is 7.05. The average Bonchev–Trinajstić information content (AvgIpc) is 2.73. The van der Waals surface area contributed by atoms with Crippen LogP contribution >= 0.6 is 37.2 Å². The predicted octanol–water partition coefficient (Wildman–Crippen LogP) is 3.31. The summed E-state index contributed by atoms with van der Waals surface area (Å²) in [4.78, 5) is 4.19. The van der Waals surface area contributed by atoms with E-state index in [4.69, 9.17) is 4.74 Å². The Morgan fingerprint density at radius 2 is 1.79 bits per heavy atom. The number of anilines is 1. The molecule has 108 valence electrons. The van der Waals surface area contributed by atoms with E-state index < -0.39 is 0 Å². The van der Waals surface area contributed by atoms with Gasteiger partial charge in [0.05, 0.1) is 7.11 Å². The van der Waals surface area contributed by atoms with Crippen molar-refractivity contribution in [2.24, 2.45) is 7.05 Å². The minimum atomic E-state index is 0. The van der Waals surface area contributed by atoms with Gasteiger partial charge >= 0.3 is 0 Å². The van der Waals surface area contributed by atoms with Gasteiger partial charge in [-0.05, 0) is 17.7 Å². The van der Waals surface area contributed by atoms with Crippen molar-refractivity contribution in [2.45, 2.75) is 6.54 Å². The summed E-state index contributed by atoms with van der Waals surface area (Å²) in [5.74, 6) is 1.75. The maximum absolute atomic E-state index is 5.10. The van der Waals surface area contributed by atoms with Crippen LogP contribution in [0.5, 0.6) is 5.75 Å². The first-order valence-electron chi connectivity index (χ1n) is 5.14. The van der Waals surface area contributed by atoms with E-state index in [0.29, 0.717) is 0 Å². The van der Waals surface area contributed by atoms with Crippen molar-refractivity contribution >= 4 is 43.2 Å². The van der Waals surface area contributed by atoms with Crippen LogP contribution in [-0.4, -0.2) is 16.7 Å². The lowest BCUT2D eigenvalue weighted by atomic mass is 10.2. The largest absolute Gasteiger partial charge is 0.497 e. The van der Waals surface area contributed by atoms with Gasteiger partial charge in [-0.25, -0.2) is 4.98 Å². The van der Waals surface area contributed by atoms with Gasteiger partial charge in [-0.15, -0.1) is 37.2 Å². The molecule has 0 aliphatic heterocycles. The van der Waals surface area contributed by atoms with Crippen LogP contribution in [0.25, 0.3) is 0 Å². The van der Waals surface area contributed by atoms with E-state index >= 15 is 0 Å². The second-order valence-corrected chi connectivity index (χ2v) is 3.56. The lowest BCUT2D eigenvalue weighted by Gasteiger charge is -2.06. The van der Waals surface area contributed by atoms with Crippen molar-refractivity contribution < 1.29 is 4.74 Å². The summed E-state index contributed by atoms with van der Waals surface area (Å²) in [7, 11) is 3.63. The third kappa shape index (κ3) is 5.59. The molecule has 1 aromatic carbocycles. The number of halogens is 3. The number of nitrogens with one attached hydrogen (secondary N) is 1. The second-order valence-electron chi connectivity index (χ2n) is 3.56. The van der Waals surface area contributed by atoms with Crippen molar-refractivity contribution in [3.63, 3.8) is 0 Å². The number of hydrogen-bond donors (Lipinski definition) is 1. The van der Waals surface area contributed by atoms with Crippen LogP contribution in [0.1, 0.15) is 5.56 Å². The molecule has 2 aromatic rings.